The lowest BCUT2D eigenvalue weighted by molar-refractivity contribution is -0.131. The Bertz CT molecular complexity index is 767. The topological polar surface area (TPSA) is 49.9 Å². The molecule has 0 spiro atoms. The van der Waals surface area contributed by atoms with Gasteiger partial charge in [0.2, 0.25) is 5.91 Å². The fourth-order valence-electron chi connectivity index (χ4n) is 2.96. The number of nitrogens with zero attached hydrogens (tertiary/aromatic N) is 2. The first kappa shape index (κ1) is 17.9. The number of hydrogen-bond donors (Lipinski definition) is 0. The molecule has 26 heavy (non-hydrogen) atoms. The molecule has 0 bridgehead atoms. The fourth-order valence-corrected chi connectivity index (χ4v) is 2.96. The molecular weight excluding hydrogens is 335 g/mol. The Balaban J connectivity index is 1.53. The second kappa shape index (κ2) is 7.99. The van der Waals surface area contributed by atoms with Gasteiger partial charge in [-0.1, -0.05) is 12.1 Å². The summed E-state index contributed by atoms with van der Waals surface area (Å²) in [6.45, 7) is 1.96. The first-order valence-electron chi connectivity index (χ1n) is 8.52. The van der Waals surface area contributed by atoms with Crippen molar-refractivity contribution in [3.05, 3.63) is 65.5 Å². The summed E-state index contributed by atoms with van der Waals surface area (Å²) < 4.78 is 18.1. The summed E-state index contributed by atoms with van der Waals surface area (Å²) in [5, 5.41) is 0. The number of rotatable bonds is 4. The largest absolute Gasteiger partial charge is 0.497 e. The quantitative estimate of drug-likeness (QED) is 0.845. The molecule has 3 rings (SSSR count). The van der Waals surface area contributed by atoms with E-state index in [0.29, 0.717) is 38.2 Å². The molecular formula is C20H21FN2O3. The number of halogens is 1. The van der Waals surface area contributed by atoms with E-state index in [-0.39, 0.29) is 17.6 Å². The lowest BCUT2D eigenvalue weighted by Crippen LogP contribution is -2.51. The van der Waals surface area contributed by atoms with Crippen LogP contribution in [0.15, 0.2) is 48.5 Å². The molecule has 1 aliphatic rings. The van der Waals surface area contributed by atoms with Crippen molar-refractivity contribution in [2.24, 2.45) is 0 Å². The number of ether oxygens (including phenoxy) is 1. The fraction of sp³-hybridized carbons (Fsp3) is 0.300. The van der Waals surface area contributed by atoms with Gasteiger partial charge in [-0.15, -0.1) is 0 Å². The number of carbonyl (C=O) groups excluding carboxylic acids is 2. The second-order valence-corrected chi connectivity index (χ2v) is 6.20. The van der Waals surface area contributed by atoms with Crippen LogP contribution in [0.2, 0.25) is 0 Å². The summed E-state index contributed by atoms with van der Waals surface area (Å²) in [6, 6.07) is 13.0. The number of hydrogen-bond acceptors (Lipinski definition) is 3. The summed E-state index contributed by atoms with van der Waals surface area (Å²) in [5.41, 5.74) is 1.39. The maximum absolute atomic E-state index is 13.0. The van der Waals surface area contributed by atoms with E-state index in [9.17, 15) is 14.0 Å². The van der Waals surface area contributed by atoms with Gasteiger partial charge in [-0.05, 0) is 42.0 Å². The van der Waals surface area contributed by atoms with E-state index in [1.807, 2.05) is 24.3 Å². The molecule has 0 radical (unpaired) electrons. The molecule has 136 valence electrons. The van der Waals surface area contributed by atoms with Gasteiger partial charge in [-0.3, -0.25) is 9.59 Å². The van der Waals surface area contributed by atoms with Gasteiger partial charge in [0.25, 0.3) is 5.91 Å². The predicted molar refractivity (Wildman–Crippen MR) is 95.6 cm³/mol. The van der Waals surface area contributed by atoms with Gasteiger partial charge in [-0.2, -0.15) is 0 Å². The van der Waals surface area contributed by atoms with Gasteiger partial charge in [0.05, 0.1) is 13.5 Å². The zero-order valence-corrected chi connectivity index (χ0v) is 14.7. The van der Waals surface area contributed by atoms with Gasteiger partial charge >= 0.3 is 0 Å². The minimum absolute atomic E-state index is 0.0454. The Morgan fingerprint density at radius 3 is 2.08 bits per heavy atom. The van der Waals surface area contributed by atoms with Crippen molar-refractivity contribution in [1.29, 1.82) is 0 Å². The molecule has 0 N–H and O–H groups in total. The molecule has 2 amide bonds. The zero-order valence-electron chi connectivity index (χ0n) is 14.7. The normalized spacial score (nSPS) is 14.2. The van der Waals surface area contributed by atoms with Crippen LogP contribution in [0.1, 0.15) is 15.9 Å². The van der Waals surface area contributed by atoms with Crippen molar-refractivity contribution in [1.82, 2.24) is 9.80 Å². The van der Waals surface area contributed by atoms with E-state index in [1.54, 1.807) is 16.9 Å². The molecule has 6 heteroatoms. The number of amides is 2. The van der Waals surface area contributed by atoms with E-state index in [1.165, 1.54) is 24.3 Å². The lowest BCUT2D eigenvalue weighted by atomic mass is 10.1. The first-order chi connectivity index (χ1) is 12.6. The Labute approximate surface area is 152 Å². The number of carbonyl (C=O) groups is 2. The smallest absolute Gasteiger partial charge is 0.253 e. The Morgan fingerprint density at radius 2 is 1.50 bits per heavy atom. The van der Waals surface area contributed by atoms with Crippen LogP contribution in [-0.2, 0) is 11.2 Å². The standard InChI is InChI=1S/C20H21FN2O3/c1-26-18-8-2-15(3-9-18)14-19(24)22-10-12-23(13-11-22)20(25)16-4-6-17(21)7-5-16/h2-9H,10-14H2,1H3. The summed E-state index contributed by atoms with van der Waals surface area (Å²) in [7, 11) is 1.60. The summed E-state index contributed by atoms with van der Waals surface area (Å²) in [4.78, 5) is 28.4. The average Bonchev–Trinajstić information content (AvgIpc) is 2.69. The molecule has 0 aromatic heterocycles. The number of benzene rings is 2. The lowest BCUT2D eigenvalue weighted by Gasteiger charge is -2.35. The van der Waals surface area contributed by atoms with E-state index in [2.05, 4.69) is 0 Å². The molecule has 0 atom stereocenters. The maximum atomic E-state index is 13.0. The van der Waals surface area contributed by atoms with Crippen LogP contribution >= 0.6 is 0 Å². The van der Waals surface area contributed by atoms with E-state index in [4.69, 9.17) is 4.74 Å². The van der Waals surface area contributed by atoms with Crippen molar-refractivity contribution in [3.63, 3.8) is 0 Å². The van der Waals surface area contributed by atoms with Crippen LogP contribution in [0.25, 0.3) is 0 Å². The molecule has 1 heterocycles. The molecule has 1 fully saturated rings. The van der Waals surface area contributed by atoms with Crippen molar-refractivity contribution in [2.75, 3.05) is 33.3 Å². The summed E-state index contributed by atoms with van der Waals surface area (Å²) >= 11 is 0. The monoisotopic (exact) mass is 356 g/mol. The van der Waals surface area contributed by atoms with Crippen molar-refractivity contribution < 1.29 is 18.7 Å². The third-order valence-electron chi connectivity index (χ3n) is 4.53. The van der Waals surface area contributed by atoms with Crippen LogP contribution in [-0.4, -0.2) is 54.9 Å². The van der Waals surface area contributed by atoms with Crippen LogP contribution < -0.4 is 4.74 Å². The van der Waals surface area contributed by atoms with Crippen LogP contribution in [0.4, 0.5) is 4.39 Å². The highest BCUT2D eigenvalue weighted by Gasteiger charge is 2.24. The molecule has 0 aliphatic carbocycles. The molecule has 5 nitrogen and oxygen atoms in total. The van der Waals surface area contributed by atoms with Gasteiger partial charge < -0.3 is 14.5 Å². The van der Waals surface area contributed by atoms with Crippen molar-refractivity contribution >= 4 is 11.8 Å². The molecule has 1 saturated heterocycles. The van der Waals surface area contributed by atoms with Crippen molar-refractivity contribution in [2.45, 2.75) is 6.42 Å². The molecule has 2 aromatic carbocycles. The zero-order chi connectivity index (χ0) is 18.5. The van der Waals surface area contributed by atoms with E-state index < -0.39 is 0 Å². The predicted octanol–water partition coefficient (Wildman–Crippen LogP) is 2.36. The SMILES string of the molecule is COc1ccc(CC(=O)N2CCN(C(=O)c3ccc(F)cc3)CC2)cc1. The van der Waals surface area contributed by atoms with E-state index >= 15 is 0 Å². The van der Waals surface area contributed by atoms with Crippen LogP contribution in [0, 0.1) is 5.82 Å². The average molecular weight is 356 g/mol. The minimum atomic E-state index is -0.365. The Hall–Kier alpha value is -2.89. The van der Waals surface area contributed by atoms with Crippen LogP contribution in [0.5, 0.6) is 5.75 Å². The third-order valence-corrected chi connectivity index (χ3v) is 4.53. The number of methoxy groups -OCH3 is 1. The van der Waals surface area contributed by atoms with Gasteiger partial charge in [0.1, 0.15) is 11.6 Å². The summed E-state index contributed by atoms with van der Waals surface area (Å²) in [5.74, 6) is 0.306. The highest BCUT2D eigenvalue weighted by atomic mass is 19.1. The Kier molecular flexibility index (Phi) is 5.51. The molecule has 0 unspecified atom stereocenters. The highest BCUT2D eigenvalue weighted by Crippen LogP contribution is 2.14. The molecule has 2 aromatic rings. The molecule has 0 saturated carbocycles. The number of piperazine rings is 1. The Morgan fingerprint density at radius 1 is 0.923 bits per heavy atom. The summed E-state index contributed by atoms with van der Waals surface area (Å²) in [6.07, 6.45) is 0.329. The van der Waals surface area contributed by atoms with Gasteiger partial charge in [0.15, 0.2) is 0 Å². The van der Waals surface area contributed by atoms with Crippen LogP contribution in [0.3, 0.4) is 0 Å². The molecule has 1 aliphatic heterocycles. The first-order valence-corrected chi connectivity index (χ1v) is 8.52. The minimum Gasteiger partial charge on any atom is -0.497 e. The van der Waals surface area contributed by atoms with Crippen molar-refractivity contribution in [3.8, 4) is 5.75 Å². The van der Waals surface area contributed by atoms with Gasteiger partial charge in [0, 0.05) is 31.7 Å². The van der Waals surface area contributed by atoms with Gasteiger partial charge in [-0.25, -0.2) is 4.39 Å². The van der Waals surface area contributed by atoms with E-state index in [0.717, 1.165) is 11.3 Å². The highest BCUT2D eigenvalue weighted by molar-refractivity contribution is 5.94. The second-order valence-electron chi connectivity index (χ2n) is 6.20. The maximum Gasteiger partial charge on any atom is 0.253 e. The third kappa shape index (κ3) is 4.20.